The van der Waals surface area contributed by atoms with Gasteiger partial charge in [-0.15, -0.1) is 0 Å². The minimum atomic E-state index is -0.100. The van der Waals surface area contributed by atoms with Gasteiger partial charge in [0.25, 0.3) is 5.91 Å². The molecule has 4 rings (SSSR count). The van der Waals surface area contributed by atoms with Crippen molar-refractivity contribution >= 4 is 41.0 Å². The van der Waals surface area contributed by atoms with Crippen molar-refractivity contribution in [2.24, 2.45) is 4.99 Å². The predicted molar refractivity (Wildman–Crippen MR) is 125 cm³/mol. The van der Waals surface area contributed by atoms with E-state index < -0.39 is 0 Å². The number of benzene rings is 2. The number of carbonyl (C=O) groups is 2. The lowest BCUT2D eigenvalue weighted by Gasteiger charge is -2.32. The van der Waals surface area contributed by atoms with E-state index in [2.05, 4.69) is 10.3 Å². The van der Waals surface area contributed by atoms with Gasteiger partial charge in [0.05, 0.1) is 31.0 Å². The summed E-state index contributed by atoms with van der Waals surface area (Å²) in [5.41, 5.74) is 1.81. The lowest BCUT2D eigenvalue weighted by molar-refractivity contribution is -0.116. The Balaban J connectivity index is 1.37. The van der Waals surface area contributed by atoms with Gasteiger partial charge in [0.15, 0.2) is 11.5 Å². The normalized spacial score (nSPS) is 17.2. The van der Waals surface area contributed by atoms with Crippen LogP contribution in [0.15, 0.2) is 41.4 Å². The summed E-state index contributed by atoms with van der Waals surface area (Å²) in [6, 6.07) is 10.5. The number of aliphatic imine (C=N–C) groups is 1. The first kappa shape index (κ1) is 22.1. The molecule has 2 aliphatic rings. The average molecular weight is 456 g/mol. The molecule has 0 bridgehead atoms. The fraction of sp³-hybridized carbons (Fsp3) is 0.375. The second-order valence-electron chi connectivity index (χ2n) is 7.87. The van der Waals surface area contributed by atoms with Crippen LogP contribution in [0.3, 0.4) is 0 Å². The van der Waals surface area contributed by atoms with E-state index in [4.69, 9.17) is 21.1 Å². The Morgan fingerprint density at radius 1 is 1.22 bits per heavy atom. The molecule has 168 valence electrons. The Hall–Kier alpha value is -3.06. The Morgan fingerprint density at radius 3 is 2.81 bits per heavy atom. The van der Waals surface area contributed by atoms with Crippen molar-refractivity contribution in [3.8, 4) is 11.5 Å². The lowest BCUT2D eigenvalue weighted by atomic mass is 10.0. The van der Waals surface area contributed by atoms with Gasteiger partial charge < -0.3 is 19.7 Å². The van der Waals surface area contributed by atoms with Crippen LogP contribution in [0.5, 0.6) is 11.5 Å². The van der Waals surface area contributed by atoms with Gasteiger partial charge >= 0.3 is 0 Å². The highest BCUT2D eigenvalue weighted by molar-refractivity contribution is 6.30. The average Bonchev–Trinajstić information content (AvgIpc) is 2.94. The summed E-state index contributed by atoms with van der Waals surface area (Å²) < 4.78 is 11.3. The molecule has 1 unspecified atom stereocenters. The molecule has 1 atom stereocenters. The summed E-state index contributed by atoms with van der Waals surface area (Å²) >= 11 is 5.86. The van der Waals surface area contributed by atoms with Crippen molar-refractivity contribution in [2.75, 3.05) is 25.6 Å². The van der Waals surface area contributed by atoms with Crippen molar-refractivity contribution in [3.63, 3.8) is 0 Å². The second-order valence-corrected chi connectivity index (χ2v) is 8.30. The van der Waals surface area contributed by atoms with Gasteiger partial charge in [0.1, 0.15) is 0 Å². The largest absolute Gasteiger partial charge is 0.493 e. The number of piperidine rings is 1. The number of anilines is 1. The third-order valence-corrected chi connectivity index (χ3v) is 5.89. The molecular formula is C24H26ClN3O4. The van der Waals surface area contributed by atoms with Gasteiger partial charge in [-0.25, -0.2) is 0 Å². The molecule has 2 aromatic carbocycles. The van der Waals surface area contributed by atoms with Gasteiger partial charge in [0, 0.05) is 36.0 Å². The Bertz CT molecular complexity index is 1020. The number of halogens is 1. The first-order valence-corrected chi connectivity index (χ1v) is 11.2. The molecule has 7 nitrogen and oxygen atoms in total. The number of hydrogen-bond acceptors (Lipinski definition) is 5. The number of rotatable bonds is 7. The third kappa shape index (κ3) is 5.05. The Morgan fingerprint density at radius 2 is 2.03 bits per heavy atom. The first-order chi connectivity index (χ1) is 15.5. The molecule has 8 heteroatoms. The molecule has 2 amide bonds. The fourth-order valence-corrected chi connectivity index (χ4v) is 4.08. The lowest BCUT2D eigenvalue weighted by Crippen LogP contribution is -2.43. The number of carbonyl (C=O) groups excluding carboxylic acids is 2. The van der Waals surface area contributed by atoms with Crippen LogP contribution in [0.4, 0.5) is 11.4 Å². The van der Waals surface area contributed by atoms with E-state index in [0.717, 1.165) is 25.8 Å². The van der Waals surface area contributed by atoms with Crippen LogP contribution in [0.1, 0.15) is 42.5 Å². The highest BCUT2D eigenvalue weighted by Crippen LogP contribution is 2.37. The first-order valence-electron chi connectivity index (χ1n) is 10.8. The summed E-state index contributed by atoms with van der Waals surface area (Å²) in [6.45, 7) is 1.07. The smallest absolute Gasteiger partial charge is 0.256 e. The molecule has 32 heavy (non-hydrogen) atoms. The number of ether oxygens (including phenoxy) is 2. The van der Waals surface area contributed by atoms with E-state index in [1.165, 1.54) is 0 Å². The van der Waals surface area contributed by atoms with Gasteiger partial charge in [-0.1, -0.05) is 11.6 Å². The number of amides is 2. The highest BCUT2D eigenvalue weighted by Gasteiger charge is 2.31. The second kappa shape index (κ2) is 10.0. The van der Waals surface area contributed by atoms with E-state index in [9.17, 15) is 9.59 Å². The monoisotopic (exact) mass is 455 g/mol. The van der Waals surface area contributed by atoms with E-state index in [1.54, 1.807) is 43.5 Å². The van der Waals surface area contributed by atoms with Crippen molar-refractivity contribution in [3.05, 3.63) is 47.0 Å². The minimum Gasteiger partial charge on any atom is -0.493 e. The van der Waals surface area contributed by atoms with Crippen molar-refractivity contribution in [1.82, 2.24) is 4.90 Å². The third-order valence-electron chi connectivity index (χ3n) is 5.64. The summed E-state index contributed by atoms with van der Waals surface area (Å²) in [5.74, 6) is 0.866. The molecule has 2 heterocycles. The maximum Gasteiger partial charge on any atom is 0.256 e. The number of fused-ring (bicyclic) bond motifs is 2. The molecular weight excluding hydrogens is 430 g/mol. The summed E-state index contributed by atoms with van der Waals surface area (Å²) in [6.07, 6.45) is 5.73. The predicted octanol–water partition coefficient (Wildman–Crippen LogP) is 4.86. The molecule has 0 radical (unpaired) electrons. The van der Waals surface area contributed by atoms with Crippen molar-refractivity contribution in [2.45, 2.75) is 38.1 Å². The van der Waals surface area contributed by atoms with E-state index >= 15 is 0 Å². The molecule has 0 saturated carbocycles. The van der Waals surface area contributed by atoms with Crippen LogP contribution in [0.2, 0.25) is 5.02 Å². The zero-order valence-corrected chi connectivity index (χ0v) is 18.7. The molecule has 0 aromatic heterocycles. The van der Waals surface area contributed by atoms with Crippen molar-refractivity contribution < 1.29 is 19.1 Å². The Labute approximate surface area is 192 Å². The number of hydrogen-bond donors (Lipinski definition) is 1. The van der Waals surface area contributed by atoms with Gasteiger partial charge in [0.2, 0.25) is 5.91 Å². The molecule has 2 aliphatic heterocycles. The van der Waals surface area contributed by atoms with E-state index in [1.807, 2.05) is 11.1 Å². The summed E-state index contributed by atoms with van der Waals surface area (Å²) in [4.78, 5) is 31.6. The standard InChI is InChI=1S/C24H26ClN3O4/c1-31-21-13-19-20(26-15-18-5-2-3-11-28(18)24(19)30)14-22(21)32-12-4-6-23(29)27-17-9-7-16(25)8-10-17/h7-10,13-15,18H,2-6,11-12H2,1H3,(H,27,29). The van der Waals surface area contributed by atoms with E-state index in [-0.39, 0.29) is 17.9 Å². The minimum absolute atomic E-state index is 0.0223. The molecule has 0 aliphatic carbocycles. The van der Waals surface area contributed by atoms with E-state index in [0.29, 0.717) is 52.9 Å². The zero-order valence-electron chi connectivity index (χ0n) is 18.0. The Kier molecular flexibility index (Phi) is 6.95. The van der Waals surface area contributed by atoms with Gasteiger partial charge in [-0.05, 0) is 56.0 Å². The molecule has 2 aromatic rings. The van der Waals surface area contributed by atoms with Crippen molar-refractivity contribution in [1.29, 1.82) is 0 Å². The van der Waals surface area contributed by atoms with Crippen LogP contribution >= 0.6 is 11.6 Å². The highest BCUT2D eigenvalue weighted by atomic mass is 35.5. The molecule has 0 spiro atoms. The molecule has 1 fully saturated rings. The molecule has 1 N–H and O–H groups in total. The summed E-state index contributed by atoms with van der Waals surface area (Å²) in [7, 11) is 1.54. The fourth-order valence-electron chi connectivity index (χ4n) is 3.96. The summed E-state index contributed by atoms with van der Waals surface area (Å²) in [5, 5.41) is 3.45. The van der Waals surface area contributed by atoms with Crippen LogP contribution in [0, 0.1) is 0 Å². The number of methoxy groups -OCH3 is 1. The van der Waals surface area contributed by atoms with Crippen LogP contribution in [-0.2, 0) is 4.79 Å². The number of nitrogens with one attached hydrogen (secondary N) is 1. The maximum atomic E-state index is 13.1. The van der Waals surface area contributed by atoms with Crippen LogP contribution in [0.25, 0.3) is 0 Å². The SMILES string of the molecule is COc1cc2c(cc1OCCCC(=O)Nc1ccc(Cl)cc1)N=CC1CCCCN1C2=O. The maximum absolute atomic E-state index is 13.1. The number of nitrogens with zero attached hydrogens (tertiary/aromatic N) is 2. The van der Waals surface area contributed by atoms with Crippen LogP contribution < -0.4 is 14.8 Å². The molecule has 1 saturated heterocycles. The quantitative estimate of drug-likeness (QED) is 0.605. The van der Waals surface area contributed by atoms with Gasteiger partial charge in [-0.2, -0.15) is 0 Å². The zero-order chi connectivity index (χ0) is 22.5. The van der Waals surface area contributed by atoms with Gasteiger partial charge in [-0.3, -0.25) is 14.6 Å². The topological polar surface area (TPSA) is 80.2 Å². The van der Waals surface area contributed by atoms with Crippen LogP contribution in [-0.4, -0.2) is 49.2 Å².